The molecule has 0 aromatic heterocycles. The first-order valence-corrected chi connectivity index (χ1v) is 6.55. The van der Waals surface area contributed by atoms with Gasteiger partial charge in [-0.05, 0) is 0 Å². The van der Waals surface area contributed by atoms with E-state index in [1.807, 2.05) is 0 Å². The Hall–Kier alpha value is -1.31. The number of benzene rings is 2. The van der Waals surface area contributed by atoms with Crippen LogP contribution in [0.3, 0.4) is 0 Å². The molecule has 1 heterocycles. The molecule has 1 nitrogen and oxygen atoms in total. The topological polar surface area (TPSA) is 12.0 Å². The zero-order valence-corrected chi connectivity index (χ0v) is 10.8. The van der Waals surface area contributed by atoms with Crippen molar-refractivity contribution in [3.63, 3.8) is 0 Å². The molecule has 79 valence electrons. The molecule has 2 aromatic carbocycles. The second kappa shape index (κ2) is 3.35. The van der Waals surface area contributed by atoms with Gasteiger partial charge in [-0.25, -0.2) is 0 Å². The molecular weight excluding hydrogens is 242 g/mol. The van der Waals surface area contributed by atoms with Crippen LogP contribution in [0.25, 0.3) is 11.6 Å². The van der Waals surface area contributed by atoms with Gasteiger partial charge in [-0.15, -0.1) is 0 Å². The Bertz CT molecular complexity index is 658. The summed E-state index contributed by atoms with van der Waals surface area (Å²) in [6.45, 7) is 0. The van der Waals surface area contributed by atoms with Gasteiger partial charge in [0, 0.05) is 0 Å². The maximum absolute atomic E-state index is 3.61. The van der Waals surface area contributed by atoms with Crippen molar-refractivity contribution in [3.05, 3.63) is 59.2 Å². The summed E-state index contributed by atoms with van der Waals surface area (Å²) in [5, 5.41) is 3.61. The van der Waals surface area contributed by atoms with E-state index in [1.165, 1.54) is 31.8 Å². The molecule has 1 unspecified atom stereocenters. The maximum atomic E-state index is 3.61. The fourth-order valence-corrected chi connectivity index (χ4v) is 3.30. The number of rotatable bonds is 0. The van der Waals surface area contributed by atoms with Crippen molar-refractivity contribution in [2.24, 2.45) is 0 Å². The molecule has 0 bridgehead atoms. The van der Waals surface area contributed by atoms with E-state index < -0.39 is 0 Å². The quantitative estimate of drug-likeness (QED) is 0.711. The molecule has 0 amide bonds. The first kappa shape index (κ1) is 9.70. The monoisotopic (exact) mass is 252 g/mol. The number of para-hydroxylation sites is 1. The molecule has 0 radical (unpaired) electrons. The molecule has 1 N–H and O–H groups in total. The fraction of sp³-hybridized carbons (Fsp3) is 0.0667. The summed E-state index contributed by atoms with van der Waals surface area (Å²) in [6.07, 6.45) is 2.34. The van der Waals surface area contributed by atoms with Gasteiger partial charge >= 0.3 is 112 Å². The van der Waals surface area contributed by atoms with Crippen LogP contribution in [0.2, 0.25) is 0 Å². The Morgan fingerprint density at radius 1 is 1.00 bits per heavy atom. The average molecular weight is 252 g/mol. The van der Waals surface area contributed by atoms with E-state index in [4.69, 9.17) is 0 Å². The molecule has 0 saturated heterocycles. The van der Waals surface area contributed by atoms with E-state index in [-0.39, 0.29) is 0 Å². The third-order valence-electron chi connectivity index (χ3n) is 3.60. The summed E-state index contributed by atoms with van der Waals surface area (Å²) in [5.41, 5.74) is 6.85. The number of anilines is 1. The average Bonchev–Trinajstić information content (AvgIpc) is 2.87. The summed E-state index contributed by atoms with van der Waals surface area (Å²) in [7, 11) is 0. The van der Waals surface area contributed by atoms with Gasteiger partial charge in [0.05, 0.1) is 0 Å². The van der Waals surface area contributed by atoms with E-state index in [2.05, 4.69) is 74.3 Å². The van der Waals surface area contributed by atoms with Crippen molar-refractivity contribution in [1.29, 1.82) is 0 Å². The summed E-state index contributed by atoms with van der Waals surface area (Å²) in [4.78, 5) is 0. The molecule has 0 spiro atoms. The molecule has 4 rings (SSSR count). The van der Waals surface area contributed by atoms with E-state index in [1.54, 1.807) is 0 Å². The van der Waals surface area contributed by atoms with Crippen molar-refractivity contribution < 1.29 is 20.4 Å². The number of nitrogens with one attached hydrogen (secondary N) is 1. The van der Waals surface area contributed by atoms with Crippen molar-refractivity contribution in [2.45, 2.75) is 6.04 Å². The Kier molecular flexibility index (Phi) is 1.91. The summed E-state index contributed by atoms with van der Waals surface area (Å²) >= 11 is 2.18. The van der Waals surface area contributed by atoms with Crippen LogP contribution in [0.4, 0.5) is 5.69 Å². The van der Waals surface area contributed by atoms with Gasteiger partial charge < -0.3 is 0 Å². The Labute approximate surface area is 112 Å². The molecular formula is C15H10NTi. The van der Waals surface area contributed by atoms with Crippen LogP contribution in [-0.2, 0) is 20.4 Å². The van der Waals surface area contributed by atoms with E-state index in [0.717, 1.165) is 0 Å². The molecule has 0 fully saturated rings. The Morgan fingerprint density at radius 3 is 2.82 bits per heavy atom. The molecule has 1 aliphatic heterocycles. The third kappa shape index (κ3) is 1.24. The fourth-order valence-electron chi connectivity index (χ4n) is 2.81. The van der Waals surface area contributed by atoms with Gasteiger partial charge in [-0.3, -0.25) is 0 Å². The summed E-state index contributed by atoms with van der Waals surface area (Å²) in [5.74, 6) is 0. The van der Waals surface area contributed by atoms with Gasteiger partial charge in [-0.1, -0.05) is 0 Å². The minimum atomic E-state index is 0.363. The van der Waals surface area contributed by atoms with Gasteiger partial charge in [0.15, 0.2) is 0 Å². The number of hydrogen-bond donors (Lipinski definition) is 1. The van der Waals surface area contributed by atoms with Gasteiger partial charge in [-0.2, -0.15) is 0 Å². The molecule has 1 atom stereocenters. The van der Waals surface area contributed by atoms with Gasteiger partial charge in [0.25, 0.3) is 0 Å². The van der Waals surface area contributed by atoms with Crippen LogP contribution >= 0.6 is 0 Å². The van der Waals surface area contributed by atoms with Crippen molar-refractivity contribution in [3.8, 4) is 0 Å². The van der Waals surface area contributed by atoms with E-state index >= 15 is 0 Å². The molecule has 2 heteroatoms. The normalized spacial score (nSPS) is 19.0. The zero-order chi connectivity index (χ0) is 11.4. The third-order valence-corrected chi connectivity index (χ3v) is 4.28. The Morgan fingerprint density at radius 2 is 1.88 bits per heavy atom. The number of fused-ring (bicyclic) bond motifs is 5. The molecule has 0 saturated carbocycles. The SMILES string of the molecule is [Ti][c]1cccc2c1C=C1c3ccccc3NC12. The molecule has 2 aromatic rings. The van der Waals surface area contributed by atoms with Crippen LogP contribution in [-0.4, -0.2) is 0 Å². The predicted molar refractivity (Wildman–Crippen MR) is 66.8 cm³/mol. The summed E-state index contributed by atoms with van der Waals surface area (Å²) in [6, 6.07) is 15.5. The van der Waals surface area contributed by atoms with Crippen LogP contribution in [0.15, 0.2) is 42.5 Å². The van der Waals surface area contributed by atoms with Crippen molar-refractivity contribution in [1.82, 2.24) is 0 Å². The second-order valence-electron chi connectivity index (χ2n) is 4.53. The van der Waals surface area contributed by atoms with Gasteiger partial charge in [0.2, 0.25) is 0 Å². The second-order valence-corrected chi connectivity index (χ2v) is 5.37. The summed E-state index contributed by atoms with van der Waals surface area (Å²) < 4.78 is 1.36. The van der Waals surface area contributed by atoms with Gasteiger partial charge in [0.1, 0.15) is 0 Å². The standard InChI is InChI=1S/C15H10N.Ti/c1-2-6-11-10(5-1)9-13-12-7-3-4-8-14(12)16-15(11)13;/h1-4,6-9,15-16H;. The first-order valence-electron chi connectivity index (χ1n) is 5.76. The molecule has 17 heavy (non-hydrogen) atoms. The van der Waals surface area contributed by atoms with Crippen molar-refractivity contribution >= 4 is 21.2 Å². The molecule has 1 aliphatic carbocycles. The van der Waals surface area contributed by atoms with E-state index in [0.29, 0.717) is 6.04 Å². The van der Waals surface area contributed by atoms with E-state index in [9.17, 15) is 0 Å². The van der Waals surface area contributed by atoms with Crippen LogP contribution in [0.5, 0.6) is 0 Å². The number of hydrogen-bond acceptors (Lipinski definition) is 1. The Balaban J connectivity index is 1.97. The van der Waals surface area contributed by atoms with Crippen LogP contribution < -0.4 is 9.18 Å². The van der Waals surface area contributed by atoms with Crippen LogP contribution in [0.1, 0.15) is 22.7 Å². The minimum absolute atomic E-state index is 0.363. The molecule has 2 aliphatic rings. The zero-order valence-electron chi connectivity index (χ0n) is 9.20. The van der Waals surface area contributed by atoms with Crippen LogP contribution in [0, 0.1) is 0 Å². The first-order chi connectivity index (χ1) is 8.34. The predicted octanol–water partition coefficient (Wildman–Crippen LogP) is 2.88. The van der Waals surface area contributed by atoms with Crippen molar-refractivity contribution in [2.75, 3.05) is 5.32 Å².